The van der Waals surface area contributed by atoms with Gasteiger partial charge in [0.2, 0.25) is 0 Å². The number of amides is 1. The molecule has 31 heavy (non-hydrogen) atoms. The zero-order chi connectivity index (χ0) is 21.6. The number of hydrogen-bond acceptors (Lipinski definition) is 6. The number of pyridine rings is 1. The Morgan fingerprint density at radius 1 is 1.16 bits per heavy atom. The summed E-state index contributed by atoms with van der Waals surface area (Å²) in [5, 5.41) is 5.35. The van der Waals surface area contributed by atoms with E-state index in [2.05, 4.69) is 5.10 Å². The summed E-state index contributed by atoms with van der Waals surface area (Å²) in [5.74, 6) is 0.123. The van der Waals surface area contributed by atoms with Crippen molar-refractivity contribution in [2.45, 2.75) is 19.4 Å². The van der Waals surface area contributed by atoms with E-state index < -0.39 is 9.84 Å². The molecule has 0 saturated carbocycles. The molecule has 5 rings (SSSR count). The second kappa shape index (κ2) is 7.72. The number of benzene rings is 1. The van der Waals surface area contributed by atoms with Gasteiger partial charge in [-0.1, -0.05) is 30.3 Å². The summed E-state index contributed by atoms with van der Waals surface area (Å²) < 4.78 is 31.3. The minimum atomic E-state index is -3.09. The molecule has 2 fully saturated rings. The van der Waals surface area contributed by atoms with Gasteiger partial charge in [-0.15, -0.1) is 0 Å². The fraction of sp³-hybridized carbons (Fsp3) is 0.409. The van der Waals surface area contributed by atoms with Crippen LogP contribution < -0.4 is 0 Å². The highest BCUT2D eigenvalue weighted by molar-refractivity contribution is 7.91. The number of rotatable bonds is 3. The van der Waals surface area contributed by atoms with E-state index in [0.29, 0.717) is 60.7 Å². The normalized spacial score (nSPS) is 20.9. The van der Waals surface area contributed by atoms with Crippen molar-refractivity contribution in [3.63, 3.8) is 0 Å². The number of fused-ring (bicyclic) bond motifs is 1. The number of aromatic nitrogens is 3. The van der Waals surface area contributed by atoms with Crippen molar-refractivity contribution in [3.05, 3.63) is 47.7 Å². The maximum Gasteiger partial charge on any atom is 0.254 e. The van der Waals surface area contributed by atoms with Gasteiger partial charge < -0.3 is 9.64 Å². The Balaban J connectivity index is 1.70. The van der Waals surface area contributed by atoms with Gasteiger partial charge >= 0.3 is 0 Å². The van der Waals surface area contributed by atoms with Crippen molar-refractivity contribution in [1.82, 2.24) is 19.7 Å². The molecular weight excluding hydrogens is 416 g/mol. The predicted octanol–water partition coefficient (Wildman–Crippen LogP) is 2.24. The SMILES string of the molecule is Cc1nn([C@@H]2CCS(=O)(=O)C2)c2nc(-c3ccccc3)cc(C(=O)N3CCOCC3)c12. The first-order chi connectivity index (χ1) is 14.9. The molecule has 2 saturated heterocycles. The summed E-state index contributed by atoms with van der Waals surface area (Å²) in [6.45, 7) is 3.96. The number of ether oxygens (including phenoxy) is 1. The highest BCUT2D eigenvalue weighted by atomic mass is 32.2. The first kappa shape index (κ1) is 20.1. The summed E-state index contributed by atoms with van der Waals surface area (Å²) in [5.41, 5.74) is 3.37. The monoisotopic (exact) mass is 440 g/mol. The van der Waals surface area contributed by atoms with Crippen LogP contribution in [-0.2, 0) is 14.6 Å². The Kier molecular flexibility index (Phi) is 5.02. The van der Waals surface area contributed by atoms with Crippen LogP contribution >= 0.6 is 0 Å². The molecule has 2 aliphatic rings. The Hall–Kier alpha value is -2.78. The number of hydrogen-bond donors (Lipinski definition) is 0. The maximum absolute atomic E-state index is 13.5. The lowest BCUT2D eigenvalue weighted by Crippen LogP contribution is -2.40. The molecule has 0 unspecified atom stereocenters. The largest absolute Gasteiger partial charge is 0.378 e. The van der Waals surface area contributed by atoms with E-state index in [-0.39, 0.29) is 23.5 Å². The van der Waals surface area contributed by atoms with Gasteiger partial charge in [-0.2, -0.15) is 5.10 Å². The van der Waals surface area contributed by atoms with Crippen LogP contribution in [0.15, 0.2) is 36.4 Å². The molecule has 3 aromatic rings. The van der Waals surface area contributed by atoms with Crippen molar-refractivity contribution in [2.24, 2.45) is 0 Å². The van der Waals surface area contributed by atoms with Crippen LogP contribution in [0.25, 0.3) is 22.3 Å². The zero-order valence-corrected chi connectivity index (χ0v) is 18.1. The van der Waals surface area contributed by atoms with Crippen LogP contribution in [0.5, 0.6) is 0 Å². The first-order valence-electron chi connectivity index (χ1n) is 10.5. The molecule has 162 valence electrons. The third kappa shape index (κ3) is 3.72. The number of carbonyl (C=O) groups excluding carboxylic acids is 1. The van der Waals surface area contributed by atoms with E-state index in [1.807, 2.05) is 43.3 Å². The third-order valence-electron chi connectivity index (χ3n) is 5.99. The minimum absolute atomic E-state index is 0.0488. The molecule has 1 atom stereocenters. The molecule has 0 spiro atoms. The van der Waals surface area contributed by atoms with E-state index in [1.165, 1.54) is 0 Å². The minimum Gasteiger partial charge on any atom is -0.378 e. The number of carbonyl (C=O) groups is 1. The van der Waals surface area contributed by atoms with Crippen molar-refractivity contribution in [2.75, 3.05) is 37.8 Å². The number of nitrogens with zero attached hydrogens (tertiary/aromatic N) is 4. The van der Waals surface area contributed by atoms with Crippen LogP contribution in [-0.4, -0.2) is 71.8 Å². The molecule has 1 amide bonds. The van der Waals surface area contributed by atoms with Gasteiger partial charge in [-0.25, -0.2) is 18.1 Å². The first-order valence-corrected chi connectivity index (χ1v) is 12.3. The van der Waals surface area contributed by atoms with Crippen LogP contribution in [0.1, 0.15) is 28.5 Å². The smallest absolute Gasteiger partial charge is 0.254 e. The quantitative estimate of drug-likeness (QED) is 0.620. The van der Waals surface area contributed by atoms with E-state index in [0.717, 1.165) is 5.56 Å². The molecule has 9 heteroatoms. The van der Waals surface area contributed by atoms with Gasteiger partial charge in [0.15, 0.2) is 15.5 Å². The number of morpholine rings is 1. The Morgan fingerprint density at radius 2 is 1.90 bits per heavy atom. The Labute approximate surface area is 180 Å². The van der Waals surface area contributed by atoms with E-state index in [9.17, 15) is 13.2 Å². The summed E-state index contributed by atoms with van der Waals surface area (Å²) in [7, 11) is -3.09. The van der Waals surface area contributed by atoms with E-state index in [4.69, 9.17) is 9.72 Å². The lowest BCUT2D eigenvalue weighted by Gasteiger charge is -2.27. The Morgan fingerprint density at radius 3 is 2.58 bits per heavy atom. The van der Waals surface area contributed by atoms with Crippen LogP contribution in [0.2, 0.25) is 0 Å². The van der Waals surface area contributed by atoms with Crippen LogP contribution in [0.3, 0.4) is 0 Å². The molecular formula is C22H24N4O4S. The highest BCUT2D eigenvalue weighted by Crippen LogP contribution is 2.32. The van der Waals surface area contributed by atoms with E-state index >= 15 is 0 Å². The molecule has 1 aromatic carbocycles. The molecule has 0 radical (unpaired) electrons. The highest BCUT2D eigenvalue weighted by Gasteiger charge is 2.33. The van der Waals surface area contributed by atoms with E-state index in [1.54, 1.807) is 9.58 Å². The van der Waals surface area contributed by atoms with Crippen molar-refractivity contribution in [1.29, 1.82) is 0 Å². The van der Waals surface area contributed by atoms with Gasteiger partial charge in [0.05, 0.1) is 53.1 Å². The van der Waals surface area contributed by atoms with Gasteiger partial charge in [-0.05, 0) is 19.4 Å². The summed E-state index contributed by atoms with van der Waals surface area (Å²) in [6.07, 6.45) is 0.503. The molecule has 8 nitrogen and oxygen atoms in total. The Bertz CT molecular complexity index is 1250. The second-order valence-electron chi connectivity index (χ2n) is 8.11. The van der Waals surface area contributed by atoms with Gasteiger partial charge in [0.1, 0.15) is 0 Å². The fourth-order valence-corrected chi connectivity index (χ4v) is 6.09. The number of sulfone groups is 1. The molecule has 0 bridgehead atoms. The molecule has 0 N–H and O–H groups in total. The van der Waals surface area contributed by atoms with Gasteiger partial charge in [0.25, 0.3) is 5.91 Å². The third-order valence-corrected chi connectivity index (χ3v) is 7.74. The second-order valence-corrected chi connectivity index (χ2v) is 10.3. The fourth-order valence-electron chi connectivity index (χ4n) is 4.40. The van der Waals surface area contributed by atoms with Gasteiger partial charge in [0, 0.05) is 18.7 Å². The average Bonchev–Trinajstić information content (AvgIpc) is 3.32. The van der Waals surface area contributed by atoms with Crippen LogP contribution in [0.4, 0.5) is 0 Å². The lowest BCUT2D eigenvalue weighted by atomic mass is 10.0. The summed E-state index contributed by atoms with van der Waals surface area (Å²) in [4.78, 5) is 20.1. The summed E-state index contributed by atoms with van der Waals surface area (Å²) in [6, 6.07) is 11.2. The van der Waals surface area contributed by atoms with Crippen molar-refractivity contribution < 1.29 is 17.9 Å². The number of aryl methyl sites for hydroxylation is 1. The predicted molar refractivity (Wildman–Crippen MR) is 117 cm³/mol. The lowest BCUT2D eigenvalue weighted by molar-refractivity contribution is 0.0304. The molecule has 2 aliphatic heterocycles. The zero-order valence-electron chi connectivity index (χ0n) is 17.3. The molecule has 0 aliphatic carbocycles. The molecule has 2 aromatic heterocycles. The van der Waals surface area contributed by atoms with Gasteiger partial charge in [-0.3, -0.25) is 4.79 Å². The van der Waals surface area contributed by atoms with Crippen LogP contribution in [0, 0.1) is 6.92 Å². The standard InChI is InChI=1S/C22H24N4O4S/c1-15-20-18(22(27)25-8-10-30-11-9-25)13-19(16-5-3-2-4-6-16)23-21(20)26(24-15)17-7-12-31(28,29)14-17/h2-6,13,17H,7-12,14H2,1H3/t17-/m1/s1. The average molecular weight is 441 g/mol. The molecule has 4 heterocycles. The maximum atomic E-state index is 13.5. The topological polar surface area (TPSA) is 94.4 Å². The van der Waals surface area contributed by atoms with Crippen molar-refractivity contribution in [3.8, 4) is 11.3 Å². The summed E-state index contributed by atoms with van der Waals surface area (Å²) >= 11 is 0. The van der Waals surface area contributed by atoms with Crippen molar-refractivity contribution >= 4 is 26.8 Å².